The number of hydrogen-bond acceptors (Lipinski definition) is 6. The molecule has 3 aliphatic rings. The zero-order chi connectivity index (χ0) is 31.7. The smallest absolute Gasteiger partial charge is 0.256 e. The number of nitrogens with zero attached hydrogens (tertiary/aromatic N) is 2. The lowest BCUT2D eigenvalue weighted by Crippen LogP contribution is -2.60. The van der Waals surface area contributed by atoms with Crippen LogP contribution in [0.2, 0.25) is 0 Å². The third kappa shape index (κ3) is 5.46. The summed E-state index contributed by atoms with van der Waals surface area (Å²) in [6.07, 6.45) is 6.21. The number of pyridine rings is 1. The number of rotatable bonds is 6. The molecule has 2 saturated heterocycles. The minimum Gasteiger partial charge on any atom is -0.451 e. The first-order valence-electron chi connectivity index (χ1n) is 16.1. The summed E-state index contributed by atoms with van der Waals surface area (Å²) in [4.78, 5) is 29.7. The number of fused-ring (bicyclic) bond motifs is 3. The van der Waals surface area contributed by atoms with Crippen molar-refractivity contribution in [1.82, 2.24) is 20.1 Å². The first kappa shape index (κ1) is 29.7. The Balaban J connectivity index is 1.34. The highest BCUT2D eigenvalue weighted by Crippen LogP contribution is 2.47. The molecule has 1 aromatic heterocycles. The molecule has 3 aliphatic heterocycles. The van der Waals surface area contributed by atoms with Gasteiger partial charge in [0.25, 0.3) is 5.91 Å². The van der Waals surface area contributed by atoms with E-state index in [4.69, 9.17) is 4.74 Å². The average Bonchev–Trinajstić information content (AvgIpc) is 3.37. The molecule has 7 rings (SSSR count). The zero-order valence-corrected chi connectivity index (χ0v) is 26.7. The summed E-state index contributed by atoms with van der Waals surface area (Å²) >= 11 is 0. The van der Waals surface area contributed by atoms with Gasteiger partial charge in [0.1, 0.15) is 16.8 Å². The number of likely N-dealkylation sites (tertiary alicyclic amines) is 1. The number of piperidine rings is 1. The van der Waals surface area contributed by atoms with Crippen LogP contribution in [0.1, 0.15) is 70.2 Å². The number of aromatic nitrogens is 1. The molecule has 0 bridgehead atoms. The van der Waals surface area contributed by atoms with E-state index in [9.17, 15) is 9.59 Å². The highest BCUT2D eigenvalue weighted by molar-refractivity contribution is 6.02. The maximum absolute atomic E-state index is 16.2. The van der Waals surface area contributed by atoms with Crippen molar-refractivity contribution in [3.8, 4) is 17.2 Å². The van der Waals surface area contributed by atoms with Crippen LogP contribution in [-0.2, 0) is 0 Å². The van der Waals surface area contributed by atoms with E-state index < -0.39 is 17.2 Å². The zero-order valence-electron chi connectivity index (χ0n) is 26.7. The van der Waals surface area contributed by atoms with Crippen LogP contribution in [0.15, 0.2) is 53.5 Å². The normalized spacial score (nSPS) is 20.6. The third-order valence-electron chi connectivity index (χ3n) is 9.71. The van der Waals surface area contributed by atoms with Gasteiger partial charge < -0.3 is 30.2 Å². The minimum atomic E-state index is -0.582. The summed E-state index contributed by atoms with van der Waals surface area (Å²) in [6, 6.07) is 13.5. The topological polar surface area (TPSA) is 87.6 Å². The largest absolute Gasteiger partial charge is 0.451 e. The molecule has 0 spiro atoms. The number of carbonyl (C=O) groups excluding carboxylic acids is 1. The van der Waals surface area contributed by atoms with Crippen molar-refractivity contribution in [2.45, 2.75) is 83.0 Å². The quantitative estimate of drug-likeness (QED) is 0.208. The summed E-state index contributed by atoms with van der Waals surface area (Å²) in [6.45, 7) is 10.1. The molecule has 0 aliphatic carbocycles. The van der Waals surface area contributed by atoms with Gasteiger partial charge in [0.05, 0.1) is 11.1 Å². The van der Waals surface area contributed by atoms with E-state index >= 15 is 4.39 Å². The minimum absolute atomic E-state index is 0.0174. The second-order valence-corrected chi connectivity index (χ2v) is 14.4. The Kier molecular flexibility index (Phi) is 7.17. The highest BCUT2D eigenvalue weighted by Gasteiger charge is 2.39. The molecule has 8 nitrogen and oxygen atoms in total. The first-order chi connectivity index (χ1) is 21.4. The standard InChI is InChI=1S/C36H42FN5O3/c1-35(2)18-23(19-36(3,4)40-35)39-30-27(37)17-25-31-33(30)45-29-16-22-10-7-6-9-21(22)15-28(29)42(31)20-26(32(25)43)34(44)38-13-12-24-11-8-14-41(24)5/h6-7,9-10,15-17,20,23-24,39-40H,8,11-14,18-19H2,1-5H3,(H,38,44). The SMILES string of the molecule is CN1CCCC1CCNC(=O)c1cn2c3c(c(NC4CC(C)(C)NC(C)(C)C4)c(F)cc3c1=O)Oc1cc3ccccc3cc1-2. The monoisotopic (exact) mass is 611 g/mol. The van der Waals surface area contributed by atoms with Crippen molar-refractivity contribution in [1.29, 1.82) is 0 Å². The van der Waals surface area contributed by atoms with E-state index in [1.165, 1.54) is 6.07 Å². The molecule has 236 valence electrons. The molecule has 2 fully saturated rings. The van der Waals surface area contributed by atoms with Crippen LogP contribution in [0.25, 0.3) is 27.4 Å². The van der Waals surface area contributed by atoms with E-state index in [0.29, 0.717) is 29.5 Å². The van der Waals surface area contributed by atoms with Gasteiger partial charge >= 0.3 is 0 Å². The van der Waals surface area contributed by atoms with E-state index in [2.05, 4.69) is 55.6 Å². The van der Waals surface area contributed by atoms with Gasteiger partial charge in [-0.15, -0.1) is 0 Å². The van der Waals surface area contributed by atoms with Crippen molar-refractivity contribution < 1.29 is 13.9 Å². The fourth-order valence-corrected chi connectivity index (χ4v) is 8.02. The molecule has 0 radical (unpaired) electrons. The van der Waals surface area contributed by atoms with Gasteiger partial charge in [-0.25, -0.2) is 4.39 Å². The van der Waals surface area contributed by atoms with Gasteiger partial charge in [-0.2, -0.15) is 0 Å². The molecular weight excluding hydrogens is 569 g/mol. The summed E-state index contributed by atoms with van der Waals surface area (Å²) < 4.78 is 24.6. The lowest BCUT2D eigenvalue weighted by atomic mass is 9.79. The molecule has 0 saturated carbocycles. The van der Waals surface area contributed by atoms with Crippen LogP contribution in [-0.4, -0.2) is 58.7 Å². The fraction of sp³-hybridized carbons (Fsp3) is 0.444. The Bertz CT molecular complexity index is 1880. The van der Waals surface area contributed by atoms with Crippen molar-refractivity contribution in [3.05, 3.63) is 70.3 Å². The molecule has 3 aromatic carbocycles. The molecule has 4 heterocycles. The third-order valence-corrected chi connectivity index (χ3v) is 9.71. The second kappa shape index (κ2) is 10.8. The molecule has 1 atom stereocenters. The molecule has 3 N–H and O–H groups in total. The van der Waals surface area contributed by atoms with Gasteiger partial charge in [0.2, 0.25) is 5.43 Å². The highest BCUT2D eigenvalue weighted by atomic mass is 19.1. The van der Waals surface area contributed by atoms with Crippen molar-refractivity contribution >= 4 is 33.3 Å². The Hall–Kier alpha value is -3.95. The lowest BCUT2D eigenvalue weighted by Gasteiger charge is -2.47. The van der Waals surface area contributed by atoms with E-state index in [-0.39, 0.29) is 39.5 Å². The number of nitrogens with one attached hydrogen (secondary N) is 3. The molecule has 45 heavy (non-hydrogen) atoms. The Morgan fingerprint density at radius 3 is 2.49 bits per heavy atom. The number of hydrogen-bond donors (Lipinski definition) is 3. The van der Waals surface area contributed by atoms with Crippen LogP contribution in [0.3, 0.4) is 0 Å². The maximum Gasteiger partial charge on any atom is 0.256 e. The van der Waals surface area contributed by atoms with Crippen LogP contribution in [0.5, 0.6) is 11.5 Å². The van der Waals surface area contributed by atoms with Crippen LogP contribution in [0.4, 0.5) is 10.1 Å². The first-order valence-corrected chi connectivity index (χ1v) is 16.1. The second-order valence-electron chi connectivity index (χ2n) is 14.4. The van der Waals surface area contributed by atoms with Crippen LogP contribution in [0, 0.1) is 5.82 Å². The average molecular weight is 612 g/mol. The Morgan fingerprint density at radius 1 is 1.09 bits per heavy atom. The number of ether oxygens (including phenoxy) is 1. The lowest BCUT2D eigenvalue weighted by molar-refractivity contribution is 0.0948. The predicted molar refractivity (Wildman–Crippen MR) is 178 cm³/mol. The molecule has 9 heteroatoms. The van der Waals surface area contributed by atoms with Gasteiger partial charge in [0.15, 0.2) is 17.3 Å². The summed E-state index contributed by atoms with van der Waals surface area (Å²) in [5.74, 6) is -0.249. The van der Waals surface area contributed by atoms with Gasteiger partial charge in [-0.05, 0) is 102 Å². The molecule has 4 aromatic rings. The summed E-state index contributed by atoms with van der Waals surface area (Å²) in [5, 5.41) is 12.2. The fourth-order valence-electron chi connectivity index (χ4n) is 8.02. The number of carbonyl (C=O) groups is 1. The van der Waals surface area contributed by atoms with E-state index in [1.54, 1.807) is 6.20 Å². The predicted octanol–water partition coefficient (Wildman–Crippen LogP) is 6.32. The van der Waals surface area contributed by atoms with Gasteiger partial charge in [0, 0.05) is 35.9 Å². The number of anilines is 1. The Labute approximate surface area is 262 Å². The molecule has 1 amide bonds. The van der Waals surface area contributed by atoms with Crippen molar-refractivity contribution in [3.63, 3.8) is 0 Å². The van der Waals surface area contributed by atoms with Crippen LogP contribution < -0.4 is 26.1 Å². The summed E-state index contributed by atoms with van der Waals surface area (Å²) in [7, 11) is 2.10. The number of benzene rings is 3. The van der Waals surface area contributed by atoms with Crippen molar-refractivity contribution in [2.75, 3.05) is 25.5 Å². The van der Waals surface area contributed by atoms with Crippen molar-refractivity contribution in [2.24, 2.45) is 0 Å². The van der Waals surface area contributed by atoms with Gasteiger partial charge in [-0.1, -0.05) is 24.3 Å². The molecule has 1 unspecified atom stereocenters. The molecular formula is C36H42FN5O3. The maximum atomic E-state index is 16.2. The number of amides is 1. The van der Waals surface area contributed by atoms with Crippen LogP contribution >= 0.6 is 0 Å². The number of halogens is 1. The van der Waals surface area contributed by atoms with Gasteiger partial charge in [-0.3, -0.25) is 9.59 Å². The summed E-state index contributed by atoms with van der Waals surface area (Å²) in [5.41, 5.74) is 0.516. The Morgan fingerprint density at radius 2 is 1.80 bits per heavy atom. The van der Waals surface area contributed by atoms with E-state index in [0.717, 1.165) is 49.4 Å². The van der Waals surface area contributed by atoms with E-state index in [1.807, 2.05) is 41.0 Å².